The van der Waals surface area contributed by atoms with E-state index >= 15 is 0 Å². The number of hydrogen-bond donors (Lipinski definition) is 0. The van der Waals surface area contributed by atoms with Crippen LogP contribution in [0, 0.1) is 0 Å². The van der Waals surface area contributed by atoms with E-state index in [0.717, 1.165) is 5.56 Å². The summed E-state index contributed by atoms with van der Waals surface area (Å²) in [6, 6.07) is 1.95. The van der Waals surface area contributed by atoms with E-state index < -0.39 is 0 Å². The molecule has 0 N–H and O–H groups in total. The van der Waals surface area contributed by atoms with Crippen molar-refractivity contribution in [1.82, 2.24) is 15.0 Å². The summed E-state index contributed by atoms with van der Waals surface area (Å²) in [6.45, 7) is 3.77. The van der Waals surface area contributed by atoms with Gasteiger partial charge in [-0.1, -0.05) is 0 Å². The maximum atomic E-state index is 5.78. The summed E-state index contributed by atoms with van der Waals surface area (Å²) in [7, 11) is 0. The van der Waals surface area contributed by atoms with Gasteiger partial charge in [-0.05, 0) is 31.5 Å². The molecule has 5 nitrogen and oxygen atoms in total. The smallest absolute Gasteiger partial charge is 0.321 e. The molecule has 0 aliphatic carbocycles. The Morgan fingerprint density at radius 1 is 1.31 bits per heavy atom. The number of rotatable bonds is 3. The van der Waals surface area contributed by atoms with E-state index in [1.165, 1.54) is 12.5 Å². The van der Waals surface area contributed by atoms with Crippen LogP contribution in [0.4, 0.5) is 0 Å². The number of furan rings is 1. The van der Waals surface area contributed by atoms with Crippen LogP contribution < -0.4 is 4.74 Å². The topological polar surface area (TPSA) is 61.0 Å². The zero-order valence-corrected chi connectivity index (χ0v) is 9.60. The van der Waals surface area contributed by atoms with Crippen LogP contribution in [-0.2, 0) is 0 Å². The molecule has 0 aromatic carbocycles. The zero-order valence-electron chi connectivity index (χ0n) is 8.85. The third-order valence-electron chi connectivity index (χ3n) is 1.71. The number of aromatic nitrogens is 3. The van der Waals surface area contributed by atoms with Gasteiger partial charge in [0.1, 0.15) is 6.26 Å². The Morgan fingerprint density at radius 3 is 2.75 bits per heavy atom. The van der Waals surface area contributed by atoms with Crippen molar-refractivity contribution in [2.45, 2.75) is 20.0 Å². The molecule has 0 unspecified atom stereocenters. The molecule has 2 heterocycles. The lowest BCUT2D eigenvalue weighted by molar-refractivity contribution is 0.222. The van der Waals surface area contributed by atoms with Gasteiger partial charge in [0, 0.05) is 0 Å². The van der Waals surface area contributed by atoms with Gasteiger partial charge in [-0.15, -0.1) is 0 Å². The van der Waals surface area contributed by atoms with Crippen LogP contribution in [0.5, 0.6) is 6.01 Å². The second kappa shape index (κ2) is 4.49. The molecule has 0 aliphatic heterocycles. The average Bonchev–Trinajstić information content (AvgIpc) is 2.67. The van der Waals surface area contributed by atoms with E-state index in [1.54, 1.807) is 6.07 Å². The summed E-state index contributed by atoms with van der Waals surface area (Å²) in [5.41, 5.74) is 0.734. The van der Waals surface area contributed by atoms with Crippen LogP contribution in [0.2, 0.25) is 5.28 Å². The van der Waals surface area contributed by atoms with Crippen LogP contribution in [-0.4, -0.2) is 21.1 Å². The maximum absolute atomic E-state index is 5.78. The highest BCUT2D eigenvalue weighted by atomic mass is 35.5. The summed E-state index contributed by atoms with van der Waals surface area (Å²) >= 11 is 5.78. The van der Waals surface area contributed by atoms with Gasteiger partial charge in [0.05, 0.1) is 17.9 Å². The number of hydrogen-bond acceptors (Lipinski definition) is 5. The zero-order chi connectivity index (χ0) is 11.5. The van der Waals surface area contributed by atoms with Crippen LogP contribution in [0.3, 0.4) is 0 Å². The fraction of sp³-hybridized carbons (Fsp3) is 0.300. The molecule has 2 rings (SSSR count). The monoisotopic (exact) mass is 239 g/mol. The van der Waals surface area contributed by atoms with Crippen LogP contribution in [0.15, 0.2) is 23.0 Å². The largest absolute Gasteiger partial charge is 0.472 e. The Morgan fingerprint density at radius 2 is 2.12 bits per heavy atom. The predicted molar refractivity (Wildman–Crippen MR) is 58.3 cm³/mol. The van der Waals surface area contributed by atoms with Crippen molar-refractivity contribution in [3.8, 4) is 17.4 Å². The molecule has 16 heavy (non-hydrogen) atoms. The number of ether oxygens (including phenoxy) is 1. The summed E-state index contributed by atoms with van der Waals surface area (Å²) in [5.74, 6) is 0.435. The van der Waals surface area contributed by atoms with Crippen molar-refractivity contribution in [2.24, 2.45) is 0 Å². The molecule has 0 radical (unpaired) electrons. The Labute approximate surface area is 97.5 Å². The molecule has 0 saturated carbocycles. The van der Waals surface area contributed by atoms with Gasteiger partial charge in [0.15, 0.2) is 5.82 Å². The molecule has 0 bridgehead atoms. The van der Waals surface area contributed by atoms with Gasteiger partial charge in [0.2, 0.25) is 5.28 Å². The molecule has 0 spiro atoms. The van der Waals surface area contributed by atoms with Crippen molar-refractivity contribution in [3.05, 3.63) is 23.9 Å². The van der Waals surface area contributed by atoms with Crippen LogP contribution >= 0.6 is 11.6 Å². The fourth-order valence-corrected chi connectivity index (χ4v) is 1.27. The summed E-state index contributed by atoms with van der Waals surface area (Å²) < 4.78 is 10.3. The van der Waals surface area contributed by atoms with E-state index in [1.807, 2.05) is 13.8 Å². The predicted octanol–water partition coefficient (Wildman–Crippen LogP) is 2.57. The summed E-state index contributed by atoms with van der Waals surface area (Å²) in [6.07, 6.45) is 3.05. The van der Waals surface area contributed by atoms with Crippen molar-refractivity contribution >= 4 is 11.6 Å². The summed E-state index contributed by atoms with van der Waals surface area (Å²) in [5, 5.41) is 0.0989. The van der Waals surface area contributed by atoms with Crippen LogP contribution in [0.1, 0.15) is 13.8 Å². The normalized spacial score (nSPS) is 10.8. The van der Waals surface area contributed by atoms with E-state index in [2.05, 4.69) is 15.0 Å². The Balaban J connectivity index is 2.36. The molecule has 2 aromatic heterocycles. The third-order valence-corrected chi connectivity index (χ3v) is 1.88. The van der Waals surface area contributed by atoms with Gasteiger partial charge in [-0.2, -0.15) is 15.0 Å². The first-order valence-electron chi connectivity index (χ1n) is 4.76. The minimum atomic E-state index is -0.0179. The molecule has 6 heteroatoms. The molecule has 0 saturated heterocycles. The van der Waals surface area contributed by atoms with E-state index in [0.29, 0.717) is 5.82 Å². The molecule has 0 amide bonds. The maximum Gasteiger partial charge on any atom is 0.321 e. The molecule has 0 fully saturated rings. The first-order valence-corrected chi connectivity index (χ1v) is 5.14. The standard InChI is InChI=1S/C10H10ClN3O2/c1-6(2)16-10-13-8(12-9(11)14-10)7-3-4-15-5-7/h3-6H,1-2H3. The van der Waals surface area contributed by atoms with E-state index in [-0.39, 0.29) is 17.4 Å². The van der Waals surface area contributed by atoms with Gasteiger partial charge in [0.25, 0.3) is 0 Å². The highest BCUT2D eigenvalue weighted by molar-refractivity contribution is 6.28. The lowest BCUT2D eigenvalue weighted by Crippen LogP contribution is -2.09. The van der Waals surface area contributed by atoms with Gasteiger partial charge in [-0.25, -0.2) is 0 Å². The van der Waals surface area contributed by atoms with E-state index in [4.69, 9.17) is 20.8 Å². The molecule has 2 aromatic rings. The number of nitrogens with zero attached hydrogens (tertiary/aromatic N) is 3. The Bertz CT molecular complexity index is 471. The molecule has 0 atom stereocenters. The van der Waals surface area contributed by atoms with Crippen molar-refractivity contribution < 1.29 is 9.15 Å². The fourth-order valence-electron chi connectivity index (χ4n) is 1.12. The minimum Gasteiger partial charge on any atom is -0.472 e. The van der Waals surface area contributed by atoms with Gasteiger partial charge < -0.3 is 9.15 Å². The molecule has 0 aliphatic rings. The van der Waals surface area contributed by atoms with Crippen molar-refractivity contribution in [3.63, 3.8) is 0 Å². The van der Waals surface area contributed by atoms with Crippen LogP contribution in [0.25, 0.3) is 11.4 Å². The van der Waals surface area contributed by atoms with Gasteiger partial charge in [-0.3, -0.25) is 0 Å². The van der Waals surface area contributed by atoms with Crippen molar-refractivity contribution in [1.29, 1.82) is 0 Å². The second-order valence-corrected chi connectivity index (χ2v) is 3.73. The lowest BCUT2D eigenvalue weighted by Gasteiger charge is -2.07. The van der Waals surface area contributed by atoms with E-state index in [9.17, 15) is 0 Å². The highest BCUT2D eigenvalue weighted by Crippen LogP contribution is 2.19. The first kappa shape index (κ1) is 10.9. The quantitative estimate of drug-likeness (QED) is 0.824. The Hall–Kier alpha value is -1.62. The first-order chi connectivity index (χ1) is 7.65. The number of halogens is 1. The molecular formula is C10H10ClN3O2. The summed E-state index contributed by atoms with van der Waals surface area (Å²) in [4.78, 5) is 12.0. The highest BCUT2D eigenvalue weighted by Gasteiger charge is 2.10. The third kappa shape index (κ3) is 2.49. The molecular weight excluding hydrogens is 230 g/mol. The average molecular weight is 240 g/mol. The Kier molecular flexibility index (Phi) is 3.05. The van der Waals surface area contributed by atoms with Crippen molar-refractivity contribution in [2.75, 3.05) is 0 Å². The minimum absolute atomic E-state index is 0.0179. The molecule has 84 valence electrons. The lowest BCUT2D eigenvalue weighted by atomic mass is 10.3. The van der Waals surface area contributed by atoms with Gasteiger partial charge >= 0.3 is 6.01 Å². The second-order valence-electron chi connectivity index (χ2n) is 3.39. The SMILES string of the molecule is CC(C)Oc1nc(Cl)nc(-c2ccoc2)n1.